The fraction of sp³-hybridized carbons (Fsp3) is 0.448. The highest BCUT2D eigenvalue weighted by Crippen LogP contribution is 2.54. The van der Waals surface area contributed by atoms with E-state index < -0.39 is 85.6 Å². The zero-order valence-corrected chi connectivity index (χ0v) is 27.6. The second-order valence-electron chi connectivity index (χ2n) is 11.1. The summed E-state index contributed by atoms with van der Waals surface area (Å²) < 4.78 is 82.6. The van der Waals surface area contributed by atoms with Gasteiger partial charge in [0.25, 0.3) is 12.0 Å². The molecule has 9 atom stereocenters. The van der Waals surface area contributed by atoms with Crippen LogP contribution in [0.4, 0.5) is 8.78 Å². The topological polar surface area (TPSA) is 238 Å². The van der Waals surface area contributed by atoms with Gasteiger partial charge in [-0.05, 0) is 48.5 Å². The summed E-state index contributed by atoms with van der Waals surface area (Å²) in [5.41, 5.74) is -10.9. The molecule has 2 unspecified atom stereocenters. The van der Waals surface area contributed by atoms with Gasteiger partial charge >= 0.3 is 13.5 Å². The van der Waals surface area contributed by atoms with Gasteiger partial charge in [0.05, 0.1) is 20.8 Å². The molecule has 0 bridgehead atoms. The molecule has 274 valence electrons. The molecule has 0 spiro atoms. The van der Waals surface area contributed by atoms with Crippen molar-refractivity contribution >= 4 is 19.4 Å². The molecule has 6 N–H and O–H groups in total. The smallest absolute Gasteiger partial charge is 0.497 e. The fourth-order valence-electron chi connectivity index (χ4n) is 5.48. The van der Waals surface area contributed by atoms with Crippen LogP contribution >= 0.6 is 19.4 Å². The number of rotatable bonds is 12. The predicted molar refractivity (Wildman–Crippen MR) is 164 cm³/mol. The average Bonchev–Trinajstić information content (AvgIpc) is 3.32. The zero-order valence-electron chi connectivity index (χ0n) is 25.9. The third kappa shape index (κ3) is 6.85. The summed E-state index contributed by atoms with van der Waals surface area (Å²) in [6, 6.07) is 11.5. The monoisotopic (exact) mass is 752 g/mol. The molecule has 2 fully saturated rings. The first kappa shape index (κ1) is 37.6. The Morgan fingerprint density at radius 1 is 0.860 bits per heavy atom. The molecule has 0 saturated carbocycles. The Morgan fingerprint density at radius 3 is 1.86 bits per heavy atom. The Kier molecular flexibility index (Phi) is 10.9. The van der Waals surface area contributed by atoms with Crippen molar-refractivity contribution < 1.29 is 71.4 Å². The number of phosphoric ester groups is 1. The number of hydrogen-bond acceptors (Lipinski definition) is 15. The Labute approximate surface area is 285 Å². The fourth-order valence-corrected chi connectivity index (χ4v) is 7.00. The summed E-state index contributed by atoms with van der Waals surface area (Å²) in [5.74, 6) is 0.426. The number of hydrogen-bond donors (Lipinski definition) is 6. The molecule has 3 aromatic rings. The number of H-pyrrole nitrogens is 1. The molecule has 0 radical (unpaired) electrons. The van der Waals surface area contributed by atoms with Crippen LogP contribution in [0.25, 0.3) is 0 Å². The number of aromatic nitrogens is 2. The third-order valence-electron chi connectivity index (χ3n) is 8.11. The van der Waals surface area contributed by atoms with Crippen LogP contribution in [0.3, 0.4) is 0 Å². The molecule has 3 heterocycles. The molecule has 21 heteroatoms. The summed E-state index contributed by atoms with van der Waals surface area (Å²) in [6.07, 6.45) is -17.4. The van der Waals surface area contributed by atoms with Crippen molar-refractivity contribution in [1.29, 1.82) is 0 Å². The maximum absolute atomic E-state index is 15.3. The van der Waals surface area contributed by atoms with Gasteiger partial charge in [-0.3, -0.25) is 18.9 Å². The minimum Gasteiger partial charge on any atom is -0.497 e. The largest absolute Gasteiger partial charge is 0.587 e. The van der Waals surface area contributed by atoms with E-state index in [1.54, 1.807) is 0 Å². The number of phosphoric acid groups is 1. The summed E-state index contributed by atoms with van der Waals surface area (Å²) in [5, 5.41) is 54.4. The van der Waals surface area contributed by atoms with Crippen LogP contribution in [0, 0.1) is 0 Å². The van der Waals surface area contributed by atoms with Gasteiger partial charge in [-0.1, -0.05) is 11.6 Å². The van der Waals surface area contributed by atoms with Crippen molar-refractivity contribution in [2.45, 2.75) is 59.9 Å². The molecule has 2 aliphatic rings. The van der Waals surface area contributed by atoms with Crippen molar-refractivity contribution in [2.75, 3.05) is 20.8 Å². The van der Waals surface area contributed by atoms with Crippen molar-refractivity contribution in [1.82, 2.24) is 9.55 Å². The molecule has 0 amide bonds. The van der Waals surface area contributed by atoms with Crippen LogP contribution in [-0.4, -0.2) is 110 Å². The van der Waals surface area contributed by atoms with E-state index in [0.717, 1.165) is 0 Å². The Morgan fingerprint density at radius 2 is 1.38 bits per heavy atom. The number of ether oxygens (including phenoxy) is 4. The molecule has 2 saturated heterocycles. The number of methoxy groups -OCH3 is 2. The van der Waals surface area contributed by atoms with E-state index in [2.05, 4.69) is 0 Å². The van der Waals surface area contributed by atoms with Gasteiger partial charge < -0.3 is 53.5 Å². The molecule has 0 aliphatic carbocycles. The number of aromatic amines is 1. The van der Waals surface area contributed by atoms with Crippen LogP contribution in [0.5, 0.6) is 23.0 Å². The maximum Gasteiger partial charge on any atom is 0.587 e. The summed E-state index contributed by atoms with van der Waals surface area (Å²) in [6.45, 7) is -1.61. The SMILES string of the molecule is COc1ccc(OP(=O)(OC[C@@]2(C(F)F)O[C@@](C3OC(Cl)[C@@H](O)[C@H](O)[C@H]3O)(n3ccc(=O)[nH]c3=O)[C@H](O)[C@@H]2O)Oc2ccc(OC)cc2)cc1. The van der Waals surface area contributed by atoms with E-state index in [0.29, 0.717) is 28.3 Å². The summed E-state index contributed by atoms with van der Waals surface area (Å²) >= 11 is 6.00. The van der Waals surface area contributed by atoms with Crippen molar-refractivity contribution in [2.24, 2.45) is 0 Å². The number of aliphatic hydroxyl groups excluding tert-OH is 5. The van der Waals surface area contributed by atoms with E-state index in [1.165, 1.54) is 62.8 Å². The van der Waals surface area contributed by atoms with E-state index in [-0.39, 0.29) is 11.5 Å². The number of nitrogens with one attached hydrogen (secondary N) is 1. The molecular weight excluding hydrogens is 721 g/mol. The van der Waals surface area contributed by atoms with E-state index >= 15 is 8.78 Å². The molecule has 50 heavy (non-hydrogen) atoms. The zero-order chi connectivity index (χ0) is 36.6. The molecule has 5 rings (SSSR count). The van der Waals surface area contributed by atoms with Gasteiger partial charge in [-0.15, -0.1) is 0 Å². The maximum atomic E-state index is 15.3. The average molecular weight is 753 g/mol. The highest BCUT2D eigenvalue weighted by atomic mass is 35.5. The molecular formula is C29H32ClF2N2O15P. The van der Waals surface area contributed by atoms with Crippen LogP contribution in [-0.2, 0) is 24.3 Å². The van der Waals surface area contributed by atoms with E-state index in [1.807, 2.05) is 4.98 Å². The van der Waals surface area contributed by atoms with E-state index in [4.69, 9.17) is 44.1 Å². The van der Waals surface area contributed by atoms with Crippen molar-refractivity contribution in [3.05, 3.63) is 81.6 Å². The quantitative estimate of drug-likeness (QED) is 0.108. The van der Waals surface area contributed by atoms with Gasteiger partial charge in [0, 0.05) is 12.3 Å². The van der Waals surface area contributed by atoms with Crippen LogP contribution in [0.1, 0.15) is 0 Å². The van der Waals surface area contributed by atoms with Gasteiger partial charge in [0.2, 0.25) is 5.72 Å². The van der Waals surface area contributed by atoms with Gasteiger partial charge in [-0.25, -0.2) is 18.1 Å². The van der Waals surface area contributed by atoms with Crippen molar-refractivity contribution in [3.8, 4) is 23.0 Å². The normalized spacial score (nSPS) is 31.4. The lowest BCUT2D eigenvalue weighted by molar-refractivity contribution is -0.315. The van der Waals surface area contributed by atoms with Crippen LogP contribution < -0.4 is 29.8 Å². The van der Waals surface area contributed by atoms with E-state index in [9.17, 15) is 39.7 Å². The number of nitrogens with zero attached hydrogens (tertiary/aromatic N) is 1. The lowest BCUT2D eigenvalue weighted by Gasteiger charge is -2.48. The number of benzene rings is 2. The molecule has 2 aliphatic heterocycles. The number of aliphatic hydroxyl groups is 5. The van der Waals surface area contributed by atoms with Gasteiger partial charge in [0.1, 0.15) is 59.6 Å². The summed E-state index contributed by atoms with van der Waals surface area (Å²) in [4.78, 5) is 26.8. The van der Waals surface area contributed by atoms with Gasteiger partial charge in [0.15, 0.2) is 11.2 Å². The molecule has 2 aromatic carbocycles. The Hall–Kier alpha value is -3.62. The second-order valence-corrected chi connectivity index (χ2v) is 13.1. The summed E-state index contributed by atoms with van der Waals surface area (Å²) in [7, 11) is -2.30. The highest BCUT2D eigenvalue weighted by Gasteiger charge is 2.73. The standard InChI is InChI=1S/C29H32ClF2N2O15P/c1-43-14-3-7-16(8-4-14)47-50(42,48-17-9-5-15(44-2)6-10-17)45-13-28(26(31)32)22(39)23(40)29(49-28,34-12-11-18(35)33-27(34)41)24-20(37)19(36)21(38)25(30)46-24/h3-12,19-26,36-40H,13H2,1-2H3,(H,33,35,41)/t19-,20-,21+,22+,23-,24?,25?,28-,29+/m1/s1. The minimum absolute atomic E-state index is 0.157. The lowest BCUT2D eigenvalue weighted by Crippen LogP contribution is -2.68. The Bertz CT molecular complexity index is 1750. The highest BCUT2D eigenvalue weighted by molar-refractivity contribution is 7.49. The first-order chi connectivity index (χ1) is 23.6. The number of halogens is 3. The van der Waals surface area contributed by atoms with Crippen LogP contribution in [0.15, 0.2) is 70.4 Å². The van der Waals surface area contributed by atoms with Crippen LogP contribution in [0.2, 0.25) is 0 Å². The third-order valence-corrected chi connectivity index (χ3v) is 9.79. The Balaban J connectivity index is 1.58. The lowest BCUT2D eigenvalue weighted by atomic mass is 9.86. The first-order valence-electron chi connectivity index (χ1n) is 14.5. The first-order valence-corrected chi connectivity index (χ1v) is 16.4. The molecule has 1 aromatic heterocycles. The van der Waals surface area contributed by atoms with Gasteiger partial charge in [-0.2, -0.15) is 0 Å². The minimum atomic E-state index is -5.07. The van der Waals surface area contributed by atoms with Crippen molar-refractivity contribution in [3.63, 3.8) is 0 Å². The predicted octanol–water partition coefficient (Wildman–Crippen LogP) is 0.292. The molecule has 17 nitrogen and oxygen atoms in total. The number of alkyl halides is 3. The second kappa shape index (κ2) is 14.5.